The van der Waals surface area contributed by atoms with Crippen LogP contribution >= 0.6 is 0 Å². The van der Waals surface area contributed by atoms with E-state index in [0.29, 0.717) is 35.5 Å². The SMILES string of the molecule is [C-]#[N+]c1ccc(-c2nn(CC(=O)N3CCCC[C@@H](N)C3)cc2-c2ccc(OC)c(F)c2)cc1F. The highest BCUT2D eigenvalue weighted by Gasteiger charge is 2.22. The predicted octanol–water partition coefficient (Wildman–Crippen LogP) is 4.39. The number of methoxy groups -OCH3 is 1. The maximum absolute atomic E-state index is 14.4. The molecule has 1 amide bonds. The van der Waals surface area contributed by atoms with Gasteiger partial charge in [-0.2, -0.15) is 5.10 Å². The van der Waals surface area contributed by atoms with E-state index in [2.05, 4.69) is 9.94 Å². The minimum absolute atomic E-state index is 0.0268. The molecule has 1 fully saturated rings. The number of carbonyl (C=O) groups is 1. The van der Waals surface area contributed by atoms with Gasteiger partial charge in [-0.05, 0) is 36.6 Å². The number of hydrogen-bond acceptors (Lipinski definition) is 4. The van der Waals surface area contributed by atoms with Crippen LogP contribution in [-0.2, 0) is 11.3 Å². The zero-order valence-corrected chi connectivity index (χ0v) is 18.8. The van der Waals surface area contributed by atoms with E-state index in [-0.39, 0.29) is 29.9 Å². The van der Waals surface area contributed by atoms with Crippen molar-refractivity contribution >= 4 is 11.6 Å². The first-order chi connectivity index (χ1) is 16.4. The Morgan fingerprint density at radius 3 is 2.68 bits per heavy atom. The summed E-state index contributed by atoms with van der Waals surface area (Å²) >= 11 is 0. The number of benzene rings is 2. The summed E-state index contributed by atoms with van der Waals surface area (Å²) < 4.78 is 35.3. The van der Waals surface area contributed by atoms with Crippen LogP contribution in [0.4, 0.5) is 14.5 Å². The highest BCUT2D eigenvalue weighted by Crippen LogP contribution is 2.35. The van der Waals surface area contributed by atoms with Crippen molar-refractivity contribution in [3.63, 3.8) is 0 Å². The summed E-state index contributed by atoms with van der Waals surface area (Å²) in [7, 11) is 1.38. The van der Waals surface area contributed by atoms with Crippen molar-refractivity contribution in [3.8, 4) is 28.1 Å². The first-order valence-corrected chi connectivity index (χ1v) is 11.0. The summed E-state index contributed by atoms with van der Waals surface area (Å²) in [6.45, 7) is 8.17. The fourth-order valence-corrected chi connectivity index (χ4v) is 4.15. The second-order valence-corrected chi connectivity index (χ2v) is 8.31. The normalized spacial score (nSPS) is 16.1. The van der Waals surface area contributed by atoms with Gasteiger partial charge in [0.05, 0.1) is 13.7 Å². The summed E-state index contributed by atoms with van der Waals surface area (Å²) in [5.41, 5.74) is 7.80. The third-order valence-corrected chi connectivity index (χ3v) is 5.92. The van der Waals surface area contributed by atoms with Crippen LogP contribution in [0, 0.1) is 18.2 Å². The third-order valence-electron chi connectivity index (χ3n) is 5.92. The van der Waals surface area contributed by atoms with Crippen molar-refractivity contribution in [1.29, 1.82) is 0 Å². The van der Waals surface area contributed by atoms with Crippen LogP contribution < -0.4 is 10.5 Å². The number of hydrogen-bond donors (Lipinski definition) is 1. The third kappa shape index (κ3) is 4.92. The van der Waals surface area contributed by atoms with Crippen molar-refractivity contribution in [2.24, 2.45) is 5.73 Å². The fourth-order valence-electron chi connectivity index (χ4n) is 4.15. The lowest BCUT2D eigenvalue weighted by atomic mass is 10.0. The van der Waals surface area contributed by atoms with Gasteiger partial charge in [-0.3, -0.25) is 9.48 Å². The molecule has 0 saturated carbocycles. The average Bonchev–Trinajstić information content (AvgIpc) is 3.11. The Bertz CT molecular complexity index is 1250. The molecule has 3 aromatic rings. The molecular weight excluding hydrogens is 440 g/mol. The van der Waals surface area contributed by atoms with Gasteiger partial charge in [-0.1, -0.05) is 24.6 Å². The van der Waals surface area contributed by atoms with Gasteiger partial charge in [-0.25, -0.2) is 13.6 Å². The number of carbonyl (C=O) groups excluding carboxylic acids is 1. The molecule has 7 nitrogen and oxygen atoms in total. The molecule has 0 unspecified atom stereocenters. The summed E-state index contributed by atoms with van der Waals surface area (Å²) in [4.78, 5) is 17.9. The molecule has 0 aliphatic carbocycles. The maximum atomic E-state index is 14.4. The number of ether oxygens (including phenoxy) is 1. The van der Waals surface area contributed by atoms with Crippen LogP contribution in [0.2, 0.25) is 0 Å². The first-order valence-electron chi connectivity index (χ1n) is 11.0. The highest BCUT2D eigenvalue weighted by molar-refractivity contribution is 5.82. The molecule has 9 heteroatoms. The van der Waals surface area contributed by atoms with Gasteiger partial charge in [0.2, 0.25) is 11.6 Å². The Morgan fingerprint density at radius 1 is 1.21 bits per heavy atom. The van der Waals surface area contributed by atoms with Crippen LogP contribution in [0.1, 0.15) is 19.3 Å². The molecule has 2 heterocycles. The molecule has 1 aliphatic rings. The largest absolute Gasteiger partial charge is 0.494 e. The van der Waals surface area contributed by atoms with E-state index in [0.717, 1.165) is 19.3 Å². The van der Waals surface area contributed by atoms with E-state index in [4.69, 9.17) is 17.0 Å². The van der Waals surface area contributed by atoms with Crippen LogP contribution in [0.15, 0.2) is 42.6 Å². The van der Waals surface area contributed by atoms with E-state index in [1.54, 1.807) is 23.2 Å². The number of nitrogens with zero attached hydrogens (tertiary/aromatic N) is 4. The lowest BCUT2D eigenvalue weighted by Gasteiger charge is -2.22. The molecule has 176 valence electrons. The summed E-state index contributed by atoms with van der Waals surface area (Å²) in [6.07, 6.45) is 4.41. The van der Waals surface area contributed by atoms with E-state index in [1.165, 1.54) is 36.1 Å². The number of rotatable bonds is 5. The Hall–Kier alpha value is -3.77. The zero-order valence-electron chi connectivity index (χ0n) is 18.8. The van der Waals surface area contributed by atoms with E-state index in [9.17, 15) is 13.6 Å². The smallest absolute Gasteiger partial charge is 0.244 e. The van der Waals surface area contributed by atoms with Crippen LogP contribution in [0.25, 0.3) is 27.2 Å². The molecular formula is C25H25F2N5O2. The summed E-state index contributed by atoms with van der Waals surface area (Å²) in [5.74, 6) is -1.25. The van der Waals surface area contributed by atoms with Gasteiger partial charge in [0, 0.05) is 36.5 Å². The monoisotopic (exact) mass is 465 g/mol. The number of halogens is 2. The summed E-state index contributed by atoms with van der Waals surface area (Å²) in [6, 6.07) is 8.61. The Balaban J connectivity index is 1.72. The van der Waals surface area contributed by atoms with Gasteiger partial charge in [-0.15, -0.1) is 0 Å². The van der Waals surface area contributed by atoms with Crippen molar-refractivity contribution in [3.05, 3.63) is 65.6 Å². The predicted molar refractivity (Wildman–Crippen MR) is 124 cm³/mol. The number of amides is 1. The van der Waals surface area contributed by atoms with Gasteiger partial charge in [0.1, 0.15) is 18.1 Å². The molecule has 1 aromatic heterocycles. The molecule has 1 atom stereocenters. The number of nitrogens with two attached hydrogens (primary N) is 1. The number of aromatic nitrogens is 2. The maximum Gasteiger partial charge on any atom is 0.244 e. The van der Waals surface area contributed by atoms with Crippen LogP contribution in [0.5, 0.6) is 5.75 Å². The first kappa shape index (κ1) is 23.4. The van der Waals surface area contributed by atoms with Crippen molar-refractivity contribution in [2.45, 2.75) is 31.8 Å². The topological polar surface area (TPSA) is 77.7 Å². The molecule has 0 bridgehead atoms. The Labute approximate surface area is 196 Å². The highest BCUT2D eigenvalue weighted by atomic mass is 19.1. The van der Waals surface area contributed by atoms with E-state index >= 15 is 0 Å². The minimum atomic E-state index is -0.677. The zero-order chi connectivity index (χ0) is 24.2. The standard InChI is InChI=1S/C25H25F2N5O2/c1-29-22-8-6-17(12-20(22)26)25-19(16-7-9-23(34-2)21(27)11-16)14-32(30-25)15-24(33)31-10-4-3-5-18(28)13-31/h6-9,11-12,14,18H,3-5,10,13,15,28H2,2H3/t18-/m1/s1. The quantitative estimate of drug-likeness (QED) is 0.567. The van der Waals surface area contributed by atoms with Crippen molar-refractivity contribution in [2.75, 3.05) is 20.2 Å². The second kappa shape index (κ2) is 10.0. The molecule has 0 spiro atoms. The molecule has 2 aromatic carbocycles. The number of likely N-dealkylation sites (tertiary alicyclic amines) is 1. The van der Waals surface area contributed by atoms with Crippen LogP contribution in [0.3, 0.4) is 0 Å². The molecule has 1 saturated heterocycles. The summed E-state index contributed by atoms with van der Waals surface area (Å²) in [5, 5.41) is 4.54. The molecule has 34 heavy (non-hydrogen) atoms. The lowest BCUT2D eigenvalue weighted by molar-refractivity contribution is -0.132. The van der Waals surface area contributed by atoms with E-state index < -0.39 is 11.6 Å². The fraction of sp³-hybridized carbons (Fsp3) is 0.320. The molecule has 1 aliphatic heterocycles. The molecule has 0 radical (unpaired) electrons. The Morgan fingerprint density at radius 2 is 1.97 bits per heavy atom. The molecule has 4 rings (SSSR count). The van der Waals surface area contributed by atoms with Gasteiger partial charge < -0.3 is 15.4 Å². The van der Waals surface area contributed by atoms with Crippen LogP contribution in [-0.4, -0.2) is 46.8 Å². The van der Waals surface area contributed by atoms with Gasteiger partial charge in [0.25, 0.3) is 0 Å². The van der Waals surface area contributed by atoms with Gasteiger partial charge in [0.15, 0.2) is 11.6 Å². The Kier molecular flexibility index (Phi) is 6.89. The van der Waals surface area contributed by atoms with Crippen molar-refractivity contribution in [1.82, 2.24) is 14.7 Å². The van der Waals surface area contributed by atoms with E-state index in [1.807, 2.05) is 0 Å². The minimum Gasteiger partial charge on any atom is -0.494 e. The van der Waals surface area contributed by atoms with Gasteiger partial charge >= 0.3 is 0 Å². The average molecular weight is 466 g/mol. The molecule has 2 N–H and O–H groups in total. The van der Waals surface area contributed by atoms with Crippen molar-refractivity contribution < 1.29 is 18.3 Å². The second-order valence-electron chi connectivity index (χ2n) is 8.31. The lowest BCUT2D eigenvalue weighted by Crippen LogP contribution is -2.41.